The van der Waals surface area contributed by atoms with Crippen molar-refractivity contribution in [2.75, 3.05) is 25.5 Å². The van der Waals surface area contributed by atoms with Crippen LogP contribution in [-0.2, 0) is 9.53 Å². The number of ether oxygens (including phenoxy) is 1. The van der Waals surface area contributed by atoms with Gasteiger partial charge in [-0.2, -0.15) is 11.8 Å². The number of amides is 1. The first-order chi connectivity index (χ1) is 9.79. The van der Waals surface area contributed by atoms with Crippen molar-refractivity contribution in [2.45, 2.75) is 62.8 Å². The average molecular weight is 300 g/mol. The van der Waals surface area contributed by atoms with Crippen molar-refractivity contribution in [3.63, 3.8) is 0 Å². The number of rotatable bonds is 6. The van der Waals surface area contributed by atoms with E-state index in [9.17, 15) is 4.79 Å². The molecule has 2 aliphatic rings. The van der Waals surface area contributed by atoms with E-state index in [1.807, 2.05) is 11.8 Å². The second-order valence-electron chi connectivity index (χ2n) is 5.72. The zero-order chi connectivity index (χ0) is 14.2. The second kappa shape index (κ2) is 8.90. The molecule has 0 bridgehead atoms. The van der Waals surface area contributed by atoms with Gasteiger partial charge in [0.15, 0.2) is 0 Å². The normalized spacial score (nSPS) is 28.2. The first-order valence-corrected chi connectivity index (χ1v) is 9.06. The number of hydrogen-bond acceptors (Lipinski definition) is 4. The molecule has 0 radical (unpaired) electrons. The molecule has 2 fully saturated rings. The van der Waals surface area contributed by atoms with E-state index in [2.05, 4.69) is 17.6 Å². The lowest BCUT2D eigenvalue weighted by molar-refractivity contribution is -0.121. The molecule has 1 saturated heterocycles. The lowest BCUT2D eigenvalue weighted by Crippen LogP contribution is -2.48. The Morgan fingerprint density at radius 2 is 1.95 bits per heavy atom. The van der Waals surface area contributed by atoms with Crippen LogP contribution in [0.1, 0.15) is 45.4 Å². The molecule has 0 aromatic carbocycles. The van der Waals surface area contributed by atoms with Crippen molar-refractivity contribution in [2.24, 2.45) is 0 Å². The maximum Gasteiger partial charge on any atom is 0.234 e. The number of carbonyl (C=O) groups excluding carboxylic acids is 1. The highest BCUT2D eigenvalue weighted by Gasteiger charge is 2.25. The molecular formula is C15H28N2O2S. The highest BCUT2D eigenvalue weighted by atomic mass is 32.2. The summed E-state index contributed by atoms with van der Waals surface area (Å²) >= 11 is 2.04. The lowest BCUT2D eigenvalue weighted by atomic mass is 9.95. The van der Waals surface area contributed by atoms with Crippen molar-refractivity contribution in [3.8, 4) is 0 Å². The Morgan fingerprint density at radius 3 is 2.70 bits per heavy atom. The van der Waals surface area contributed by atoms with Crippen LogP contribution >= 0.6 is 11.8 Å². The third kappa shape index (κ3) is 5.26. The molecule has 2 atom stereocenters. The van der Waals surface area contributed by atoms with E-state index in [-0.39, 0.29) is 5.91 Å². The van der Waals surface area contributed by atoms with Crippen LogP contribution in [-0.4, -0.2) is 48.8 Å². The van der Waals surface area contributed by atoms with Crippen LogP contribution in [0.5, 0.6) is 0 Å². The van der Waals surface area contributed by atoms with E-state index in [0.717, 1.165) is 31.8 Å². The minimum Gasteiger partial charge on any atom is -0.381 e. The fourth-order valence-corrected chi connectivity index (χ4v) is 4.31. The summed E-state index contributed by atoms with van der Waals surface area (Å²) in [5, 5.41) is 7.28. The van der Waals surface area contributed by atoms with E-state index in [0.29, 0.717) is 23.9 Å². The van der Waals surface area contributed by atoms with Gasteiger partial charge in [0, 0.05) is 30.5 Å². The van der Waals surface area contributed by atoms with Gasteiger partial charge in [-0.25, -0.2) is 0 Å². The van der Waals surface area contributed by atoms with E-state index < -0.39 is 0 Å². The number of hydrogen-bond donors (Lipinski definition) is 2. The van der Waals surface area contributed by atoms with Crippen molar-refractivity contribution in [1.29, 1.82) is 0 Å². The van der Waals surface area contributed by atoms with Crippen molar-refractivity contribution < 1.29 is 9.53 Å². The first kappa shape index (κ1) is 16.1. The third-order valence-corrected chi connectivity index (χ3v) is 5.52. The third-order valence-electron chi connectivity index (χ3n) is 4.19. The summed E-state index contributed by atoms with van der Waals surface area (Å²) < 4.78 is 5.31. The van der Waals surface area contributed by atoms with Crippen LogP contribution in [0.15, 0.2) is 0 Å². The molecule has 1 amide bonds. The average Bonchev–Trinajstić information content (AvgIpc) is 2.48. The quantitative estimate of drug-likeness (QED) is 0.787. The number of nitrogens with one attached hydrogen (secondary N) is 2. The molecule has 0 spiro atoms. The largest absolute Gasteiger partial charge is 0.381 e. The van der Waals surface area contributed by atoms with Gasteiger partial charge in [-0.15, -0.1) is 0 Å². The van der Waals surface area contributed by atoms with Crippen molar-refractivity contribution in [1.82, 2.24) is 10.6 Å². The van der Waals surface area contributed by atoms with Crippen LogP contribution in [0.25, 0.3) is 0 Å². The van der Waals surface area contributed by atoms with Gasteiger partial charge in [-0.1, -0.05) is 19.8 Å². The molecule has 1 aliphatic carbocycles. The van der Waals surface area contributed by atoms with E-state index in [1.54, 1.807) is 0 Å². The highest BCUT2D eigenvalue weighted by molar-refractivity contribution is 7.99. The van der Waals surface area contributed by atoms with Crippen LogP contribution in [0.4, 0.5) is 0 Å². The SMILES string of the molecule is CCS[C@@H]1CCCC[C@@H]1NCC(=O)NC1CCOCC1. The standard InChI is InChI=1S/C15H28N2O2S/c1-2-20-14-6-4-3-5-13(14)16-11-15(18)17-12-7-9-19-10-8-12/h12-14,16H,2-11H2,1H3,(H,17,18)/t13-,14+/m0/s1. The zero-order valence-corrected chi connectivity index (χ0v) is 13.3. The number of carbonyl (C=O) groups is 1. The van der Waals surface area contributed by atoms with Gasteiger partial charge in [-0.05, 0) is 31.4 Å². The molecule has 4 nitrogen and oxygen atoms in total. The van der Waals surface area contributed by atoms with Crippen molar-refractivity contribution in [3.05, 3.63) is 0 Å². The Balaban J connectivity index is 1.68. The Bertz CT molecular complexity index is 294. The monoisotopic (exact) mass is 300 g/mol. The Kier molecular flexibility index (Phi) is 7.17. The minimum absolute atomic E-state index is 0.141. The van der Waals surface area contributed by atoms with Crippen LogP contribution < -0.4 is 10.6 Å². The van der Waals surface area contributed by atoms with Gasteiger partial charge in [0.2, 0.25) is 5.91 Å². The maximum atomic E-state index is 12.0. The predicted molar refractivity (Wildman–Crippen MR) is 84.2 cm³/mol. The lowest BCUT2D eigenvalue weighted by Gasteiger charge is -2.32. The van der Waals surface area contributed by atoms with Crippen molar-refractivity contribution >= 4 is 17.7 Å². The van der Waals surface area contributed by atoms with Gasteiger partial charge < -0.3 is 15.4 Å². The smallest absolute Gasteiger partial charge is 0.234 e. The molecule has 2 N–H and O–H groups in total. The molecule has 1 heterocycles. The maximum absolute atomic E-state index is 12.0. The van der Waals surface area contributed by atoms with E-state index in [4.69, 9.17) is 4.74 Å². The second-order valence-corrected chi connectivity index (χ2v) is 7.24. The van der Waals surface area contributed by atoms with Crippen LogP contribution in [0, 0.1) is 0 Å². The molecule has 2 rings (SSSR count). The topological polar surface area (TPSA) is 50.4 Å². The zero-order valence-electron chi connectivity index (χ0n) is 12.5. The summed E-state index contributed by atoms with van der Waals surface area (Å²) in [5.74, 6) is 1.31. The Morgan fingerprint density at radius 1 is 1.20 bits per heavy atom. The molecular weight excluding hydrogens is 272 g/mol. The summed E-state index contributed by atoms with van der Waals surface area (Å²) in [7, 11) is 0. The van der Waals surface area contributed by atoms with E-state index in [1.165, 1.54) is 25.7 Å². The Hall–Kier alpha value is -0.260. The molecule has 0 aromatic rings. The highest BCUT2D eigenvalue weighted by Crippen LogP contribution is 2.28. The summed E-state index contributed by atoms with van der Waals surface area (Å²) in [6, 6.07) is 0.819. The first-order valence-electron chi connectivity index (χ1n) is 8.01. The fraction of sp³-hybridized carbons (Fsp3) is 0.933. The molecule has 1 saturated carbocycles. The van der Waals surface area contributed by atoms with Crippen LogP contribution in [0.3, 0.4) is 0 Å². The fourth-order valence-electron chi connectivity index (χ4n) is 3.09. The van der Waals surface area contributed by atoms with Gasteiger partial charge in [0.25, 0.3) is 0 Å². The van der Waals surface area contributed by atoms with Gasteiger partial charge >= 0.3 is 0 Å². The summed E-state index contributed by atoms with van der Waals surface area (Å²) in [6.45, 7) is 4.23. The van der Waals surface area contributed by atoms with Gasteiger partial charge in [-0.3, -0.25) is 4.79 Å². The molecule has 0 unspecified atom stereocenters. The predicted octanol–water partition coefficient (Wildman–Crippen LogP) is 1.94. The molecule has 20 heavy (non-hydrogen) atoms. The summed E-state index contributed by atoms with van der Waals surface area (Å²) in [6.07, 6.45) is 7.02. The Labute approximate surface area is 126 Å². The summed E-state index contributed by atoms with van der Waals surface area (Å²) in [5.41, 5.74) is 0. The van der Waals surface area contributed by atoms with Gasteiger partial charge in [0.1, 0.15) is 0 Å². The molecule has 0 aromatic heterocycles. The molecule has 1 aliphatic heterocycles. The molecule has 116 valence electrons. The molecule has 5 heteroatoms. The van der Waals surface area contributed by atoms with Gasteiger partial charge in [0.05, 0.1) is 6.54 Å². The van der Waals surface area contributed by atoms with E-state index >= 15 is 0 Å². The minimum atomic E-state index is 0.141. The van der Waals surface area contributed by atoms with Crippen LogP contribution in [0.2, 0.25) is 0 Å². The summed E-state index contributed by atoms with van der Waals surface area (Å²) in [4.78, 5) is 12.0. The number of thioether (sulfide) groups is 1.